The molecule has 0 spiro atoms. The van der Waals surface area contributed by atoms with Gasteiger partial charge in [-0.2, -0.15) is 0 Å². The molecule has 1 aromatic rings. The van der Waals surface area contributed by atoms with Crippen LogP contribution < -0.4 is 0 Å². The average molecular weight is 240 g/mol. The van der Waals surface area contributed by atoms with E-state index in [-0.39, 0.29) is 5.56 Å². The van der Waals surface area contributed by atoms with Gasteiger partial charge in [-0.3, -0.25) is 4.79 Å². The number of hydrogen-bond donors (Lipinski definition) is 1. The molecule has 17 heavy (non-hydrogen) atoms. The third kappa shape index (κ3) is 1.81. The number of carbonyl (C=O) groups is 1. The fourth-order valence-electron chi connectivity index (χ4n) is 2.61. The number of aliphatic carboxylic acids is 1. The summed E-state index contributed by atoms with van der Waals surface area (Å²) in [7, 11) is 0. The Morgan fingerprint density at radius 1 is 1.29 bits per heavy atom. The average Bonchev–Trinajstić information content (AvgIpc) is 2.75. The lowest BCUT2D eigenvalue weighted by Gasteiger charge is -2.25. The van der Waals surface area contributed by atoms with Crippen molar-refractivity contribution in [2.75, 3.05) is 0 Å². The molecule has 0 amide bonds. The molecular formula is C13H14F2O2. The van der Waals surface area contributed by atoms with Gasteiger partial charge in [-0.1, -0.05) is 18.9 Å². The maximum Gasteiger partial charge on any atom is 0.314 e. The van der Waals surface area contributed by atoms with E-state index in [0.717, 1.165) is 18.9 Å². The molecule has 1 saturated carbocycles. The van der Waals surface area contributed by atoms with Crippen LogP contribution in [0.15, 0.2) is 12.1 Å². The van der Waals surface area contributed by atoms with Crippen LogP contribution in [0.4, 0.5) is 8.78 Å². The van der Waals surface area contributed by atoms with E-state index in [0.29, 0.717) is 18.4 Å². The minimum absolute atomic E-state index is 0.160. The van der Waals surface area contributed by atoms with Crippen LogP contribution >= 0.6 is 0 Å². The van der Waals surface area contributed by atoms with Gasteiger partial charge in [0, 0.05) is 0 Å². The Bertz CT molecular complexity index is 439. The van der Waals surface area contributed by atoms with E-state index in [4.69, 9.17) is 0 Å². The first-order valence-corrected chi connectivity index (χ1v) is 5.67. The summed E-state index contributed by atoms with van der Waals surface area (Å²) in [5.74, 6) is -2.81. The van der Waals surface area contributed by atoms with Crippen LogP contribution in [0.2, 0.25) is 0 Å². The second-order valence-corrected chi connectivity index (χ2v) is 4.68. The molecule has 1 aliphatic carbocycles. The lowest BCUT2D eigenvalue weighted by atomic mass is 9.78. The fourth-order valence-corrected chi connectivity index (χ4v) is 2.61. The zero-order chi connectivity index (χ0) is 12.6. The number of carboxylic acids is 1. The monoisotopic (exact) mass is 240 g/mol. The Hall–Kier alpha value is -1.45. The van der Waals surface area contributed by atoms with E-state index < -0.39 is 23.0 Å². The van der Waals surface area contributed by atoms with E-state index in [1.807, 2.05) is 0 Å². The van der Waals surface area contributed by atoms with Crippen molar-refractivity contribution in [1.82, 2.24) is 0 Å². The molecule has 4 heteroatoms. The second kappa shape index (κ2) is 4.09. The lowest BCUT2D eigenvalue weighted by Crippen LogP contribution is -2.32. The highest BCUT2D eigenvalue weighted by Gasteiger charge is 2.43. The largest absolute Gasteiger partial charge is 0.481 e. The van der Waals surface area contributed by atoms with Gasteiger partial charge in [0.1, 0.15) is 0 Å². The zero-order valence-electron chi connectivity index (χ0n) is 9.59. The predicted octanol–water partition coefficient (Wildman–Crippen LogP) is 3.17. The second-order valence-electron chi connectivity index (χ2n) is 4.68. The molecule has 0 radical (unpaired) electrons. The maximum atomic E-state index is 13.4. The summed E-state index contributed by atoms with van der Waals surface area (Å²) in [5, 5.41) is 9.35. The Morgan fingerprint density at radius 2 is 1.88 bits per heavy atom. The first kappa shape index (κ1) is 12.0. The molecule has 0 heterocycles. The lowest BCUT2D eigenvalue weighted by molar-refractivity contribution is -0.143. The molecule has 0 unspecified atom stereocenters. The van der Waals surface area contributed by atoms with Crippen molar-refractivity contribution < 1.29 is 18.7 Å². The van der Waals surface area contributed by atoms with E-state index in [1.165, 1.54) is 13.0 Å². The number of carboxylic acid groups (broad SMARTS) is 1. The first-order chi connectivity index (χ1) is 7.97. The van der Waals surface area contributed by atoms with Gasteiger partial charge >= 0.3 is 5.97 Å². The van der Waals surface area contributed by atoms with Gasteiger partial charge in [-0.25, -0.2) is 8.78 Å². The smallest absolute Gasteiger partial charge is 0.314 e. The molecule has 0 saturated heterocycles. The Balaban J connectivity index is 2.55. The zero-order valence-corrected chi connectivity index (χ0v) is 9.59. The first-order valence-electron chi connectivity index (χ1n) is 5.67. The SMILES string of the molecule is Cc1cc(C2(C(=O)O)CCCC2)cc(F)c1F. The third-order valence-electron chi connectivity index (χ3n) is 3.63. The molecule has 2 nitrogen and oxygen atoms in total. The van der Waals surface area contributed by atoms with Crippen molar-refractivity contribution in [1.29, 1.82) is 0 Å². The highest BCUT2D eigenvalue weighted by Crippen LogP contribution is 2.42. The van der Waals surface area contributed by atoms with Crippen LogP contribution in [0.1, 0.15) is 36.8 Å². The summed E-state index contributed by atoms with van der Waals surface area (Å²) in [4.78, 5) is 11.4. The fraction of sp³-hybridized carbons (Fsp3) is 0.462. The number of hydrogen-bond acceptors (Lipinski definition) is 1. The molecule has 1 aromatic carbocycles. The third-order valence-corrected chi connectivity index (χ3v) is 3.63. The summed E-state index contributed by atoms with van der Waals surface area (Å²) < 4.78 is 26.6. The van der Waals surface area contributed by atoms with Crippen LogP contribution in [0.5, 0.6) is 0 Å². The van der Waals surface area contributed by atoms with Crippen molar-refractivity contribution in [3.05, 3.63) is 34.9 Å². The standard InChI is InChI=1S/C13H14F2O2/c1-8-6-9(7-10(14)11(8)15)13(12(16)17)4-2-3-5-13/h6-7H,2-5H2,1H3,(H,16,17). The minimum atomic E-state index is -1.03. The Morgan fingerprint density at radius 3 is 2.35 bits per heavy atom. The molecule has 1 N–H and O–H groups in total. The summed E-state index contributed by atoms with van der Waals surface area (Å²) in [6.45, 7) is 1.45. The van der Waals surface area contributed by atoms with Gasteiger partial charge in [-0.15, -0.1) is 0 Å². The van der Waals surface area contributed by atoms with Crippen molar-refractivity contribution in [2.24, 2.45) is 0 Å². The quantitative estimate of drug-likeness (QED) is 0.862. The molecule has 1 aliphatic rings. The van der Waals surface area contributed by atoms with Crippen LogP contribution in [0, 0.1) is 18.6 Å². The summed E-state index contributed by atoms with van der Waals surface area (Å²) in [5.41, 5.74) is -0.481. The van der Waals surface area contributed by atoms with Gasteiger partial charge in [0.05, 0.1) is 5.41 Å². The molecule has 0 aromatic heterocycles. The molecule has 0 atom stereocenters. The van der Waals surface area contributed by atoms with Crippen molar-refractivity contribution >= 4 is 5.97 Å². The van der Waals surface area contributed by atoms with E-state index in [9.17, 15) is 18.7 Å². The van der Waals surface area contributed by atoms with Crippen molar-refractivity contribution in [3.8, 4) is 0 Å². The van der Waals surface area contributed by atoms with Crippen LogP contribution in [-0.4, -0.2) is 11.1 Å². The topological polar surface area (TPSA) is 37.3 Å². The van der Waals surface area contributed by atoms with E-state index in [2.05, 4.69) is 0 Å². The van der Waals surface area contributed by atoms with Crippen molar-refractivity contribution in [3.63, 3.8) is 0 Å². The normalized spacial score (nSPS) is 18.3. The Kier molecular flexibility index (Phi) is 2.89. The summed E-state index contributed by atoms with van der Waals surface area (Å²) >= 11 is 0. The number of rotatable bonds is 2. The molecule has 2 rings (SSSR count). The minimum Gasteiger partial charge on any atom is -0.481 e. The summed E-state index contributed by atoms with van der Waals surface area (Å²) in [6, 6.07) is 2.49. The van der Waals surface area contributed by atoms with Crippen LogP contribution in [0.25, 0.3) is 0 Å². The van der Waals surface area contributed by atoms with Gasteiger partial charge < -0.3 is 5.11 Å². The van der Waals surface area contributed by atoms with Crippen LogP contribution in [0.3, 0.4) is 0 Å². The van der Waals surface area contributed by atoms with Gasteiger partial charge in [-0.05, 0) is 37.0 Å². The van der Waals surface area contributed by atoms with E-state index in [1.54, 1.807) is 0 Å². The number of benzene rings is 1. The highest BCUT2D eigenvalue weighted by molar-refractivity contribution is 5.81. The molecule has 0 bridgehead atoms. The molecule has 92 valence electrons. The van der Waals surface area contributed by atoms with Gasteiger partial charge in [0.15, 0.2) is 11.6 Å². The van der Waals surface area contributed by atoms with Gasteiger partial charge in [0.25, 0.3) is 0 Å². The van der Waals surface area contributed by atoms with E-state index >= 15 is 0 Å². The van der Waals surface area contributed by atoms with Crippen molar-refractivity contribution in [2.45, 2.75) is 38.0 Å². The molecular weight excluding hydrogens is 226 g/mol. The molecule has 1 fully saturated rings. The molecule has 0 aliphatic heterocycles. The number of aryl methyl sites for hydroxylation is 1. The highest BCUT2D eigenvalue weighted by atomic mass is 19.2. The van der Waals surface area contributed by atoms with Gasteiger partial charge in [0.2, 0.25) is 0 Å². The summed E-state index contributed by atoms with van der Waals surface area (Å²) in [6.07, 6.45) is 2.61. The predicted molar refractivity (Wildman–Crippen MR) is 58.9 cm³/mol. The number of halogens is 2. The maximum absolute atomic E-state index is 13.4. The Labute approximate surface area is 98.3 Å². The van der Waals surface area contributed by atoms with Crippen LogP contribution in [-0.2, 0) is 10.2 Å².